The van der Waals surface area contributed by atoms with Gasteiger partial charge in [-0.1, -0.05) is 35.5 Å². The average molecular weight is 477 g/mol. The molecule has 0 radical (unpaired) electrons. The fourth-order valence-electron chi connectivity index (χ4n) is 3.93. The van der Waals surface area contributed by atoms with Crippen LogP contribution in [0, 0.1) is 12.8 Å². The van der Waals surface area contributed by atoms with Crippen LogP contribution in [-0.4, -0.2) is 42.3 Å². The Bertz CT molecular complexity index is 1190. The quantitative estimate of drug-likeness (QED) is 0.648. The number of fused-ring (bicyclic) bond motifs is 1. The van der Waals surface area contributed by atoms with Gasteiger partial charge in [-0.3, -0.25) is 4.79 Å². The highest BCUT2D eigenvalue weighted by Gasteiger charge is 2.50. The van der Waals surface area contributed by atoms with Crippen LogP contribution in [0.2, 0.25) is 5.02 Å². The Morgan fingerprint density at radius 3 is 2.74 bits per heavy atom. The van der Waals surface area contributed by atoms with Crippen LogP contribution >= 0.6 is 23.4 Å². The smallest absolute Gasteiger partial charge is 0.251 e. The van der Waals surface area contributed by atoms with Gasteiger partial charge in [-0.15, -0.1) is 0 Å². The second kappa shape index (κ2) is 7.83. The summed E-state index contributed by atoms with van der Waals surface area (Å²) in [5, 5.41) is 0.841. The number of nitrogens with zero attached hydrogens (tertiary/aromatic N) is 2. The number of aliphatic imine (C=N–C) groups is 1. The van der Waals surface area contributed by atoms with E-state index in [1.807, 2.05) is 36.1 Å². The first kappa shape index (κ1) is 20.8. The van der Waals surface area contributed by atoms with Gasteiger partial charge in [0.05, 0.1) is 23.2 Å². The Morgan fingerprint density at radius 1 is 1.19 bits per heavy atom. The van der Waals surface area contributed by atoms with Crippen molar-refractivity contribution in [1.82, 2.24) is 0 Å². The molecular formula is C22H21ClN2O4S2. The summed E-state index contributed by atoms with van der Waals surface area (Å²) >= 11 is 7.68. The molecule has 0 spiro atoms. The van der Waals surface area contributed by atoms with E-state index in [0.29, 0.717) is 27.4 Å². The molecule has 0 bridgehead atoms. The molecule has 0 aromatic heterocycles. The van der Waals surface area contributed by atoms with Gasteiger partial charge in [-0.2, -0.15) is 4.99 Å². The number of carbonyl (C=O) groups is 1. The number of sulfone groups is 1. The lowest BCUT2D eigenvalue weighted by atomic mass is 10.2. The van der Waals surface area contributed by atoms with Crippen molar-refractivity contribution in [2.24, 2.45) is 10.9 Å². The lowest BCUT2D eigenvalue weighted by Gasteiger charge is -2.27. The number of thioether (sulfide) groups is 1. The summed E-state index contributed by atoms with van der Waals surface area (Å²) in [5.41, 5.74) is 1.68. The van der Waals surface area contributed by atoms with Gasteiger partial charge < -0.3 is 9.64 Å². The molecule has 2 atom stereocenters. The fraction of sp³-hybridized carbons (Fsp3) is 0.364. The van der Waals surface area contributed by atoms with Crippen molar-refractivity contribution < 1.29 is 17.9 Å². The summed E-state index contributed by atoms with van der Waals surface area (Å²) in [6.07, 6.45) is 1.72. The summed E-state index contributed by atoms with van der Waals surface area (Å²) in [6, 6.07) is 12.6. The number of anilines is 1. The van der Waals surface area contributed by atoms with E-state index in [2.05, 4.69) is 4.99 Å². The number of halogens is 1. The highest BCUT2D eigenvalue weighted by Crippen LogP contribution is 2.46. The molecule has 2 saturated heterocycles. The summed E-state index contributed by atoms with van der Waals surface area (Å²) in [5.74, 6) is 1.13. The van der Waals surface area contributed by atoms with E-state index in [9.17, 15) is 13.2 Å². The molecule has 31 heavy (non-hydrogen) atoms. The summed E-state index contributed by atoms with van der Waals surface area (Å²) in [7, 11) is -3.17. The van der Waals surface area contributed by atoms with E-state index in [1.54, 1.807) is 18.2 Å². The average Bonchev–Trinajstić information content (AvgIpc) is 3.44. The maximum Gasteiger partial charge on any atom is 0.251 e. The van der Waals surface area contributed by atoms with Gasteiger partial charge in [0.1, 0.15) is 5.75 Å². The van der Waals surface area contributed by atoms with Gasteiger partial charge in [0.25, 0.3) is 5.91 Å². The molecule has 3 fully saturated rings. The summed E-state index contributed by atoms with van der Waals surface area (Å²) in [4.78, 5) is 18.7. The van der Waals surface area contributed by atoms with Crippen LogP contribution in [0.15, 0.2) is 47.5 Å². The first-order valence-electron chi connectivity index (χ1n) is 10.1. The second-order valence-electron chi connectivity index (χ2n) is 8.21. The molecule has 2 unspecified atom stereocenters. The van der Waals surface area contributed by atoms with E-state index >= 15 is 0 Å². The Kier molecular flexibility index (Phi) is 5.27. The molecule has 1 aliphatic carbocycles. The van der Waals surface area contributed by atoms with Crippen LogP contribution in [0.4, 0.5) is 5.69 Å². The van der Waals surface area contributed by atoms with Gasteiger partial charge in [0.15, 0.2) is 20.8 Å². The lowest BCUT2D eigenvalue weighted by Crippen LogP contribution is -2.38. The van der Waals surface area contributed by atoms with Gasteiger partial charge in [0, 0.05) is 16.2 Å². The summed E-state index contributed by atoms with van der Waals surface area (Å²) < 4.78 is 30.9. The van der Waals surface area contributed by atoms with Crippen LogP contribution in [-0.2, 0) is 14.6 Å². The van der Waals surface area contributed by atoms with Crippen molar-refractivity contribution in [3.63, 3.8) is 0 Å². The van der Waals surface area contributed by atoms with E-state index in [0.717, 1.165) is 18.4 Å². The van der Waals surface area contributed by atoms with Crippen LogP contribution in [0.5, 0.6) is 11.5 Å². The third kappa shape index (κ3) is 4.33. The van der Waals surface area contributed by atoms with Crippen molar-refractivity contribution >= 4 is 50.0 Å². The third-order valence-corrected chi connectivity index (χ3v) is 9.04. The second-order valence-corrected chi connectivity index (χ2v) is 12.0. The maximum atomic E-state index is 12.5. The highest BCUT2D eigenvalue weighted by molar-refractivity contribution is 8.16. The van der Waals surface area contributed by atoms with Crippen molar-refractivity contribution in [2.45, 2.75) is 31.1 Å². The molecule has 162 valence electrons. The zero-order valence-electron chi connectivity index (χ0n) is 16.8. The molecule has 2 heterocycles. The van der Waals surface area contributed by atoms with Crippen molar-refractivity contribution in [1.29, 1.82) is 0 Å². The topological polar surface area (TPSA) is 76.0 Å². The molecule has 2 aromatic rings. The minimum atomic E-state index is -3.17. The third-order valence-electron chi connectivity index (χ3n) is 5.60. The molecule has 1 saturated carbocycles. The first-order valence-corrected chi connectivity index (χ1v) is 13.2. The number of benzene rings is 2. The van der Waals surface area contributed by atoms with Crippen molar-refractivity contribution in [2.75, 3.05) is 16.4 Å². The van der Waals surface area contributed by atoms with Crippen molar-refractivity contribution in [3.8, 4) is 11.5 Å². The molecule has 0 N–H and O–H groups in total. The molecule has 9 heteroatoms. The van der Waals surface area contributed by atoms with E-state index < -0.39 is 9.84 Å². The van der Waals surface area contributed by atoms with Crippen molar-refractivity contribution in [3.05, 3.63) is 53.1 Å². The Balaban J connectivity index is 1.58. The fourth-order valence-corrected chi connectivity index (χ4v) is 8.01. The lowest BCUT2D eigenvalue weighted by molar-refractivity contribution is -0.118. The Hall–Kier alpha value is -2.03. The molecule has 2 aliphatic heterocycles. The molecule has 2 aromatic carbocycles. The van der Waals surface area contributed by atoms with Gasteiger partial charge in [0.2, 0.25) is 0 Å². The zero-order valence-corrected chi connectivity index (χ0v) is 19.2. The van der Waals surface area contributed by atoms with Crippen LogP contribution in [0.3, 0.4) is 0 Å². The number of hydrogen-bond acceptors (Lipinski definition) is 5. The number of amidine groups is 1. The van der Waals surface area contributed by atoms with E-state index in [-0.39, 0.29) is 34.6 Å². The van der Waals surface area contributed by atoms with Gasteiger partial charge in [-0.05, 0) is 55.7 Å². The van der Waals surface area contributed by atoms with Crippen LogP contribution in [0.25, 0.3) is 0 Å². The predicted molar refractivity (Wildman–Crippen MR) is 124 cm³/mol. The molecule has 6 nitrogen and oxygen atoms in total. The minimum Gasteiger partial charge on any atom is -0.455 e. The number of rotatable bonds is 4. The largest absolute Gasteiger partial charge is 0.455 e. The van der Waals surface area contributed by atoms with Crippen LogP contribution in [0.1, 0.15) is 18.4 Å². The van der Waals surface area contributed by atoms with Gasteiger partial charge in [-0.25, -0.2) is 8.42 Å². The van der Waals surface area contributed by atoms with E-state index in [1.165, 1.54) is 11.8 Å². The Morgan fingerprint density at radius 2 is 2.00 bits per heavy atom. The predicted octanol–water partition coefficient (Wildman–Crippen LogP) is 4.45. The maximum absolute atomic E-state index is 12.5. The standard InChI is InChI=1S/C22H21ClN2O4S2/c1-13-3-2-4-16(9-13)29-19-8-7-15(23)10-17(19)25-18-11-31(27,28)12-20(18)30-22(25)24-21(26)14-5-6-14/h2-4,7-10,14,18,20H,5-6,11-12H2,1H3. The van der Waals surface area contributed by atoms with Crippen LogP contribution < -0.4 is 9.64 Å². The number of amides is 1. The Labute approximate surface area is 190 Å². The molecule has 1 amide bonds. The molecule has 3 aliphatic rings. The molecular weight excluding hydrogens is 456 g/mol. The number of ether oxygens (including phenoxy) is 1. The summed E-state index contributed by atoms with van der Waals surface area (Å²) in [6.45, 7) is 1.98. The van der Waals surface area contributed by atoms with Gasteiger partial charge >= 0.3 is 0 Å². The number of carbonyl (C=O) groups excluding carboxylic acids is 1. The minimum absolute atomic E-state index is 0.0116. The monoisotopic (exact) mass is 476 g/mol. The highest BCUT2D eigenvalue weighted by atomic mass is 35.5. The normalized spacial score (nSPS) is 25.6. The zero-order chi connectivity index (χ0) is 21.8. The molecule has 5 rings (SSSR count). The number of aryl methyl sites for hydroxylation is 1. The number of hydrogen-bond donors (Lipinski definition) is 0. The van der Waals surface area contributed by atoms with E-state index in [4.69, 9.17) is 16.3 Å². The SMILES string of the molecule is Cc1cccc(Oc2ccc(Cl)cc2N2C(=NC(=O)C3CC3)SC3CS(=O)(=O)CC32)c1. The first-order chi connectivity index (χ1) is 14.8.